The van der Waals surface area contributed by atoms with Crippen LogP contribution >= 0.6 is 24.0 Å². The highest BCUT2D eigenvalue weighted by atomic mass is 32.2. The van der Waals surface area contributed by atoms with Crippen LogP contribution in [-0.2, 0) is 6.54 Å². The number of thioether (sulfide) groups is 1. The van der Waals surface area contributed by atoms with E-state index in [9.17, 15) is 0 Å². The van der Waals surface area contributed by atoms with Gasteiger partial charge in [-0.3, -0.25) is 4.90 Å². The van der Waals surface area contributed by atoms with Gasteiger partial charge in [0.15, 0.2) is 0 Å². The first-order chi connectivity index (χ1) is 8.99. The monoisotopic (exact) mass is 298 g/mol. The second kappa shape index (κ2) is 7.72. The zero-order valence-corrected chi connectivity index (χ0v) is 13.6. The number of nitrogens with two attached hydrogens (primary N) is 1. The fourth-order valence-electron chi connectivity index (χ4n) is 1.85. The van der Waals surface area contributed by atoms with Gasteiger partial charge in [-0.05, 0) is 37.9 Å². The number of nitrogens with zero attached hydrogens (tertiary/aromatic N) is 1. The van der Waals surface area contributed by atoms with Gasteiger partial charge in [-0.1, -0.05) is 18.3 Å². The Bertz CT molecular complexity index is 437. The highest BCUT2D eigenvalue weighted by Gasteiger charge is 2.11. The average molecular weight is 298 g/mol. The summed E-state index contributed by atoms with van der Waals surface area (Å²) in [7, 11) is 3.77. The zero-order chi connectivity index (χ0) is 14.4. The van der Waals surface area contributed by atoms with Crippen LogP contribution in [0.15, 0.2) is 18.2 Å². The van der Waals surface area contributed by atoms with Crippen LogP contribution in [0, 0.1) is 0 Å². The summed E-state index contributed by atoms with van der Waals surface area (Å²) < 4.78 is 5.35. The summed E-state index contributed by atoms with van der Waals surface area (Å²) in [6.07, 6.45) is 2.13. The highest BCUT2D eigenvalue weighted by Crippen LogP contribution is 2.21. The predicted molar refractivity (Wildman–Crippen MR) is 88.2 cm³/mol. The molecule has 0 saturated carbocycles. The van der Waals surface area contributed by atoms with Crippen molar-refractivity contribution in [1.29, 1.82) is 0 Å². The van der Waals surface area contributed by atoms with Crippen LogP contribution < -0.4 is 10.5 Å². The number of benzene rings is 1. The molecule has 1 unspecified atom stereocenters. The van der Waals surface area contributed by atoms with Crippen LogP contribution in [0.3, 0.4) is 0 Å². The smallest absolute Gasteiger partial charge is 0.129 e. The number of ether oxygens (including phenoxy) is 1. The minimum Gasteiger partial charge on any atom is -0.496 e. The molecule has 0 aliphatic rings. The molecule has 1 rings (SSSR count). The van der Waals surface area contributed by atoms with E-state index in [1.165, 1.54) is 5.56 Å². The minimum atomic E-state index is 0.368. The molecule has 0 amide bonds. The predicted octanol–water partition coefficient (Wildman–Crippen LogP) is 2.51. The van der Waals surface area contributed by atoms with Crippen LogP contribution in [0.25, 0.3) is 0 Å². The summed E-state index contributed by atoms with van der Waals surface area (Å²) in [6.45, 7) is 3.12. The Morgan fingerprint density at radius 1 is 1.53 bits per heavy atom. The molecule has 1 atom stereocenters. The van der Waals surface area contributed by atoms with Crippen molar-refractivity contribution in [3.63, 3.8) is 0 Å². The molecular formula is C14H22N2OS2. The first kappa shape index (κ1) is 16.3. The van der Waals surface area contributed by atoms with E-state index in [4.69, 9.17) is 22.7 Å². The van der Waals surface area contributed by atoms with Gasteiger partial charge < -0.3 is 10.5 Å². The number of hydrogen-bond donors (Lipinski definition) is 1. The number of thiocarbonyl (C=S) groups is 1. The standard InChI is InChI=1S/C14H22N2OS2/c1-10(9-19-4)16(2)8-11-5-6-12(14(15)18)13(7-11)17-3/h5-7,10H,8-9H2,1-4H3,(H2,15,18). The molecular weight excluding hydrogens is 276 g/mol. The third kappa shape index (κ3) is 4.67. The Kier molecular flexibility index (Phi) is 6.62. The van der Waals surface area contributed by atoms with Crippen molar-refractivity contribution >= 4 is 29.0 Å². The number of rotatable bonds is 7. The zero-order valence-electron chi connectivity index (χ0n) is 12.0. The van der Waals surface area contributed by atoms with Gasteiger partial charge in [0, 0.05) is 18.3 Å². The minimum absolute atomic E-state index is 0.368. The molecule has 1 aromatic rings. The summed E-state index contributed by atoms with van der Waals surface area (Å²) in [5, 5.41) is 0. The highest BCUT2D eigenvalue weighted by molar-refractivity contribution is 7.98. The van der Waals surface area contributed by atoms with Crippen molar-refractivity contribution in [2.24, 2.45) is 5.73 Å². The molecule has 106 valence electrons. The van der Waals surface area contributed by atoms with Crippen molar-refractivity contribution in [1.82, 2.24) is 4.90 Å². The summed E-state index contributed by atoms with van der Waals surface area (Å²) in [4.78, 5) is 2.69. The molecule has 0 aromatic heterocycles. The maximum Gasteiger partial charge on any atom is 0.129 e. The van der Waals surface area contributed by atoms with E-state index in [1.807, 2.05) is 23.9 Å². The lowest BCUT2D eigenvalue weighted by Gasteiger charge is -2.24. The van der Waals surface area contributed by atoms with Crippen molar-refractivity contribution in [3.05, 3.63) is 29.3 Å². The van der Waals surface area contributed by atoms with E-state index in [0.29, 0.717) is 11.0 Å². The molecule has 19 heavy (non-hydrogen) atoms. The maximum atomic E-state index is 5.67. The van der Waals surface area contributed by atoms with Crippen molar-refractivity contribution in [2.75, 3.05) is 26.2 Å². The molecule has 3 nitrogen and oxygen atoms in total. The van der Waals surface area contributed by atoms with E-state index >= 15 is 0 Å². The van der Waals surface area contributed by atoms with Gasteiger partial charge in [-0.2, -0.15) is 11.8 Å². The lowest BCUT2D eigenvalue weighted by molar-refractivity contribution is 0.269. The van der Waals surface area contributed by atoms with Gasteiger partial charge in [-0.25, -0.2) is 0 Å². The van der Waals surface area contributed by atoms with E-state index in [0.717, 1.165) is 23.6 Å². The number of hydrogen-bond acceptors (Lipinski definition) is 4. The molecule has 0 radical (unpaired) electrons. The summed E-state index contributed by atoms with van der Waals surface area (Å²) >= 11 is 6.87. The second-order valence-corrected chi connectivity index (χ2v) is 5.97. The van der Waals surface area contributed by atoms with E-state index in [2.05, 4.69) is 31.2 Å². The maximum absolute atomic E-state index is 5.67. The van der Waals surface area contributed by atoms with Crippen LogP contribution in [0.2, 0.25) is 0 Å². The third-order valence-corrected chi connectivity index (χ3v) is 4.16. The Hall–Kier alpha value is -0.780. The molecule has 0 spiro atoms. The van der Waals surface area contributed by atoms with Gasteiger partial charge in [-0.15, -0.1) is 0 Å². The molecule has 0 fully saturated rings. The van der Waals surface area contributed by atoms with Crippen molar-refractivity contribution in [3.8, 4) is 5.75 Å². The average Bonchev–Trinajstić information content (AvgIpc) is 2.38. The van der Waals surface area contributed by atoms with Crippen LogP contribution in [0.4, 0.5) is 0 Å². The molecule has 0 aliphatic carbocycles. The summed E-state index contributed by atoms with van der Waals surface area (Å²) in [5.74, 6) is 1.87. The fourth-order valence-corrected chi connectivity index (χ4v) is 2.76. The first-order valence-corrected chi connectivity index (χ1v) is 7.95. The molecule has 0 aliphatic heterocycles. The topological polar surface area (TPSA) is 38.5 Å². The van der Waals surface area contributed by atoms with Gasteiger partial charge in [0.05, 0.1) is 12.7 Å². The van der Waals surface area contributed by atoms with Gasteiger partial charge in [0.25, 0.3) is 0 Å². The Labute approximate surface area is 125 Å². The molecule has 0 bridgehead atoms. The Morgan fingerprint density at radius 2 is 2.21 bits per heavy atom. The van der Waals surface area contributed by atoms with Crippen LogP contribution in [0.1, 0.15) is 18.1 Å². The summed E-state index contributed by atoms with van der Waals surface area (Å²) in [6, 6.07) is 6.54. The Morgan fingerprint density at radius 3 is 2.74 bits per heavy atom. The third-order valence-electron chi connectivity index (χ3n) is 3.12. The summed E-state index contributed by atoms with van der Waals surface area (Å²) in [5.41, 5.74) is 7.66. The van der Waals surface area contributed by atoms with Crippen molar-refractivity contribution in [2.45, 2.75) is 19.5 Å². The lowest BCUT2D eigenvalue weighted by atomic mass is 10.1. The molecule has 2 N–H and O–H groups in total. The lowest BCUT2D eigenvalue weighted by Crippen LogP contribution is -2.30. The first-order valence-electron chi connectivity index (χ1n) is 6.15. The van der Waals surface area contributed by atoms with E-state index < -0.39 is 0 Å². The Balaban J connectivity index is 2.82. The van der Waals surface area contributed by atoms with E-state index in [-0.39, 0.29) is 0 Å². The normalized spacial score (nSPS) is 12.5. The van der Waals surface area contributed by atoms with E-state index in [1.54, 1.807) is 7.11 Å². The van der Waals surface area contributed by atoms with Gasteiger partial charge in [0.1, 0.15) is 10.7 Å². The van der Waals surface area contributed by atoms with Crippen LogP contribution in [-0.4, -0.2) is 42.1 Å². The quantitative estimate of drug-likeness (QED) is 0.783. The SMILES string of the molecule is COc1cc(CN(C)C(C)CSC)ccc1C(N)=S. The van der Waals surface area contributed by atoms with Crippen molar-refractivity contribution < 1.29 is 4.74 Å². The molecule has 0 heterocycles. The fraction of sp³-hybridized carbons (Fsp3) is 0.500. The molecule has 5 heteroatoms. The largest absolute Gasteiger partial charge is 0.496 e. The van der Waals surface area contributed by atoms with Crippen LogP contribution in [0.5, 0.6) is 5.75 Å². The number of methoxy groups -OCH3 is 1. The van der Waals surface area contributed by atoms with Gasteiger partial charge >= 0.3 is 0 Å². The second-order valence-electron chi connectivity index (χ2n) is 4.62. The molecule has 1 aromatic carbocycles. The molecule has 0 saturated heterocycles. The van der Waals surface area contributed by atoms with Gasteiger partial charge in [0.2, 0.25) is 0 Å².